The molecule has 0 heterocycles. The fourth-order valence-electron chi connectivity index (χ4n) is 4.82. The second-order valence-electron chi connectivity index (χ2n) is 9.90. The molecule has 196 valence electrons. The van der Waals surface area contributed by atoms with Crippen molar-refractivity contribution in [3.63, 3.8) is 0 Å². The highest BCUT2D eigenvalue weighted by Gasteiger charge is 2.31. The highest BCUT2D eigenvalue weighted by Crippen LogP contribution is 2.24. The van der Waals surface area contributed by atoms with Crippen LogP contribution in [0.1, 0.15) is 55.7 Å². The van der Waals surface area contributed by atoms with Gasteiger partial charge >= 0.3 is 0 Å². The number of hydrogen-bond acceptors (Lipinski definition) is 4. The predicted molar refractivity (Wildman–Crippen MR) is 144 cm³/mol. The summed E-state index contributed by atoms with van der Waals surface area (Å²) in [6.07, 6.45) is 6.94. The Kier molecular flexibility index (Phi) is 9.54. The number of carbonyl (C=O) groups excluding carboxylic acids is 2. The molecule has 8 heteroatoms. The third kappa shape index (κ3) is 7.56. The number of nitrogens with one attached hydrogen (secondary N) is 1. The van der Waals surface area contributed by atoms with Crippen LogP contribution in [0.4, 0.5) is 5.69 Å². The molecule has 0 aromatic heterocycles. The van der Waals surface area contributed by atoms with Gasteiger partial charge in [0.05, 0.1) is 11.9 Å². The van der Waals surface area contributed by atoms with E-state index in [1.54, 1.807) is 13.0 Å². The molecule has 2 aromatic rings. The molecule has 2 amide bonds. The van der Waals surface area contributed by atoms with E-state index >= 15 is 0 Å². The van der Waals surface area contributed by atoms with Crippen LogP contribution in [0.2, 0.25) is 0 Å². The Morgan fingerprint density at radius 2 is 1.69 bits per heavy atom. The number of aryl methyl sites for hydroxylation is 2. The molecule has 0 radical (unpaired) electrons. The summed E-state index contributed by atoms with van der Waals surface area (Å²) >= 11 is 0. The molecule has 0 bridgehead atoms. The summed E-state index contributed by atoms with van der Waals surface area (Å²) in [4.78, 5) is 28.3. The first kappa shape index (κ1) is 27.7. The highest BCUT2D eigenvalue weighted by atomic mass is 32.2. The Balaban J connectivity index is 1.83. The van der Waals surface area contributed by atoms with Crippen molar-refractivity contribution in [3.05, 3.63) is 65.2 Å². The lowest BCUT2D eigenvalue weighted by Crippen LogP contribution is -2.53. The molecule has 1 aliphatic rings. The van der Waals surface area contributed by atoms with Gasteiger partial charge in [0, 0.05) is 12.6 Å². The van der Waals surface area contributed by atoms with Crippen LogP contribution in [0.3, 0.4) is 0 Å². The summed E-state index contributed by atoms with van der Waals surface area (Å²) in [5.74, 6) is -0.594. The molecule has 2 aromatic carbocycles. The van der Waals surface area contributed by atoms with Gasteiger partial charge in [0.25, 0.3) is 0 Å². The average molecular weight is 514 g/mol. The Morgan fingerprint density at radius 1 is 1.03 bits per heavy atom. The maximum Gasteiger partial charge on any atom is 0.244 e. The van der Waals surface area contributed by atoms with Gasteiger partial charge in [0.1, 0.15) is 12.6 Å². The van der Waals surface area contributed by atoms with E-state index < -0.39 is 22.0 Å². The molecule has 0 unspecified atom stereocenters. The van der Waals surface area contributed by atoms with Gasteiger partial charge in [-0.25, -0.2) is 8.42 Å². The van der Waals surface area contributed by atoms with Crippen molar-refractivity contribution < 1.29 is 18.0 Å². The van der Waals surface area contributed by atoms with Crippen molar-refractivity contribution >= 4 is 27.5 Å². The minimum atomic E-state index is -3.73. The van der Waals surface area contributed by atoms with Gasteiger partial charge in [0.2, 0.25) is 21.8 Å². The van der Waals surface area contributed by atoms with Crippen LogP contribution < -0.4 is 9.62 Å². The molecule has 0 aliphatic heterocycles. The fraction of sp³-hybridized carbons (Fsp3) is 0.500. The molecule has 0 saturated heterocycles. The number of hydrogen-bond donors (Lipinski definition) is 1. The first-order valence-corrected chi connectivity index (χ1v) is 14.6. The Bertz CT molecular complexity index is 1140. The van der Waals surface area contributed by atoms with Gasteiger partial charge in [0.15, 0.2) is 0 Å². The van der Waals surface area contributed by atoms with Crippen LogP contribution in [-0.2, 0) is 26.0 Å². The molecule has 1 fully saturated rings. The Labute approximate surface area is 215 Å². The Morgan fingerprint density at radius 3 is 2.31 bits per heavy atom. The number of anilines is 1. The van der Waals surface area contributed by atoms with Gasteiger partial charge in [-0.15, -0.1) is 0 Å². The first-order chi connectivity index (χ1) is 17.1. The molecule has 1 saturated carbocycles. The monoisotopic (exact) mass is 513 g/mol. The maximum atomic E-state index is 13.7. The van der Waals surface area contributed by atoms with Gasteiger partial charge < -0.3 is 10.2 Å². The zero-order valence-electron chi connectivity index (χ0n) is 21.9. The summed E-state index contributed by atoms with van der Waals surface area (Å²) in [5.41, 5.74) is 3.30. The topological polar surface area (TPSA) is 86.8 Å². The number of carbonyl (C=O) groups is 2. The summed E-state index contributed by atoms with van der Waals surface area (Å²) in [7, 11) is -3.73. The molecule has 36 heavy (non-hydrogen) atoms. The number of rotatable bonds is 10. The maximum absolute atomic E-state index is 13.7. The fourth-order valence-corrected chi connectivity index (χ4v) is 5.73. The van der Waals surface area contributed by atoms with Gasteiger partial charge in [-0.2, -0.15) is 0 Å². The summed E-state index contributed by atoms with van der Waals surface area (Å²) < 4.78 is 26.6. The van der Waals surface area contributed by atoms with Crippen molar-refractivity contribution in [3.8, 4) is 0 Å². The van der Waals surface area contributed by atoms with Crippen LogP contribution in [0.25, 0.3) is 0 Å². The van der Waals surface area contributed by atoms with Crippen molar-refractivity contribution in [1.29, 1.82) is 0 Å². The molecular weight excluding hydrogens is 474 g/mol. The summed E-state index contributed by atoms with van der Waals surface area (Å²) in [6, 6.07) is 14.6. The average Bonchev–Trinajstić information content (AvgIpc) is 2.83. The van der Waals surface area contributed by atoms with E-state index in [1.807, 2.05) is 56.3 Å². The number of benzene rings is 2. The SMILES string of the molecule is Cc1ccc(N(CC(=O)N(CCc2ccccc2)[C@H](C)C(=O)NC2CCCCC2)S(C)(=O)=O)c(C)c1. The predicted octanol–water partition coefficient (Wildman–Crippen LogP) is 3.98. The molecule has 0 spiro atoms. The first-order valence-electron chi connectivity index (χ1n) is 12.7. The van der Waals surface area contributed by atoms with E-state index in [9.17, 15) is 18.0 Å². The standard InChI is InChI=1S/C28H39N3O4S/c1-21-15-16-26(22(2)19-21)31(36(4,34)35)20-27(32)30(18-17-24-11-7-5-8-12-24)23(3)28(33)29-25-13-9-6-10-14-25/h5,7-8,11-12,15-16,19,23,25H,6,9-10,13-14,17-18,20H2,1-4H3,(H,29,33)/t23-/m1/s1. The number of nitrogens with zero attached hydrogens (tertiary/aromatic N) is 2. The summed E-state index contributed by atoms with van der Waals surface area (Å²) in [6.45, 7) is 5.44. The molecule has 3 rings (SSSR count). The van der Waals surface area contributed by atoms with Crippen molar-refractivity contribution in [2.24, 2.45) is 0 Å². The van der Waals surface area contributed by atoms with Crippen LogP contribution in [0.5, 0.6) is 0 Å². The zero-order valence-corrected chi connectivity index (χ0v) is 22.7. The van der Waals surface area contributed by atoms with Crippen molar-refractivity contribution in [2.45, 2.75) is 71.4 Å². The van der Waals surface area contributed by atoms with Gasteiger partial charge in [-0.1, -0.05) is 67.3 Å². The molecule has 1 atom stereocenters. The number of sulfonamides is 1. The zero-order chi connectivity index (χ0) is 26.3. The number of amides is 2. The van der Waals surface area contributed by atoms with Gasteiger partial charge in [-0.05, 0) is 57.2 Å². The van der Waals surface area contributed by atoms with E-state index in [0.717, 1.165) is 52.9 Å². The van der Waals surface area contributed by atoms with Crippen LogP contribution >= 0.6 is 0 Å². The molecule has 1 N–H and O–H groups in total. The van der Waals surface area contributed by atoms with Crippen LogP contribution in [0.15, 0.2) is 48.5 Å². The largest absolute Gasteiger partial charge is 0.352 e. The van der Waals surface area contributed by atoms with Crippen LogP contribution in [-0.4, -0.2) is 56.6 Å². The van der Waals surface area contributed by atoms with E-state index in [-0.39, 0.29) is 18.5 Å². The Hall–Kier alpha value is -2.87. The van der Waals surface area contributed by atoms with E-state index in [1.165, 1.54) is 11.3 Å². The second kappa shape index (κ2) is 12.4. The second-order valence-corrected chi connectivity index (χ2v) is 11.8. The van der Waals surface area contributed by atoms with Gasteiger partial charge in [-0.3, -0.25) is 13.9 Å². The van der Waals surface area contributed by atoms with E-state index in [0.29, 0.717) is 18.7 Å². The lowest BCUT2D eigenvalue weighted by Gasteiger charge is -2.33. The van der Waals surface area contributed by atoms with Crippen LogP contribution in [0, 0.1) is 13.8 Å². The summed E-state index contributed by atoms with van der Waals surface area (Å²) in [5, 5.41) is 3.12. The molecule has 1 aliphatic carbocycles. The normalized spacial score (nSPS) is 15.2. The third-order valence-corrected chi connectivity index (χ3v) is 8.03. The smallest absolute Gasteiger partial charge is 0.244 e. The third-order valence-electron chi connectivity index (χ3n) is 6.90. The van der Waals surface area contributed by atoms with Crippen molar-refractivity contribution in [2.75, 3.05) is 23.7 Å². The minimum Gasteiger partial charge on any atom is -0.352 e. The molecule has 7 nitrogen and oxygen atoms in total. The van der Waals surface area contributed by atoms with Crippen molar-refractivity contribution in [1.82, 2.24) is 10.2 Å². The lowest BCUT2D eigenvalue weighted by atomic mass is 9.95. The minimum absolute atomic E-state index is 0.127. The molecular formula is C28H39N3O4S. The van der Waals surface area contributed by atoms with E-state index in [2.05, 4.69) is 5.32 Å². The quantitative estimate of drug-likeness (QED) is 0.521. The lowest BCUT2D eigenvalue weighted by molar-refractivity contribution is -0.139. The highest BCUT2D eigenvalue weighted by molar-refractivity contribution is 7.92. The van der Waals surface area contributed by atoms with E-state index in [4.69, 9.17) is 0 Å².